The third-order valence-electron chi connectivity index (χ3n) is 7.90. The van der Waals surface area contributed by atoms with Crippen LogP contribution in [0.2, 0.25) is 0 Å². The van der Waals surface area contributed by atoms with Crippen LogP contribution >= 0.6 is 0 Å². The summed E-state index contributed by atoms with van der Waals surface area (Å²) in [7, 11) is 3.65. The number of hydrogen-bond acceptors (Lipinski definition) is 8. The van der Waals surface area contributed by atoms with Gasteiger partial charge in [0.2, 0.25) is 5.91 Å². The Kier molecular flexibility index (Phi) is 7.04. The number of carbonyl (C=O) groups excluding carboxylic acids is 4. The van der Waals surface area contributed by atoms with Gasteiger partial charge in [-0.25, -0.2) is 0 Å². The number of nitrogens with zero attached hydrogens (tertiary/aromatic N) is 2. The van der Waals surface area contributed by atoms with E-state index >= 15 is 0 Å². The lowest BCUT2D eigenvalue weighted by Gasteiger charge is -2.41. The molecule has 3 aliphatic carbocycles. The first-order chi connectivity index (χ1) is 18.0. The molecule has 0 bridgehead atoms. The number of nitrogens with two attached hydrogens (primary N) is 1. The summed E-state index contributed by atoms with van der Waals surface area (Å²) >= 11 is 0. The van der Waals surface area contributed by atoms with Gasteiger partial charge in [-0.1, -0.05) is 20.8 Å². The van der Waals surface area contributed by atoms with Crippen molar-refractivity contribution in [3.63, 3.8) is 0 Å². The Morgan fingerprint density at radius 3 is 2.28 bits per heavy atom. The Bertz CT molecular complexity index is 1350. The van der Waals surface area contributed by atoms with Crippen LogP contribution in [0.3, 0.4) is 0 Å². The molecular weight excluding hydrogens is 502 g/mol. The van der Waals surface area contributed by atoms with Crippen LogP contribution in [0.4, 0.5) is 5.69 Å². The SMILES string of the molecule is CC(=O)N(Cc1cc(N(C)C)c2c(c1O)C(=O)C1=C(O)C3C(=O)C(C(N)=O)=C(O)CC3CC1C2)CC(C)(C)C. The molecule has 1 aromatic carbocycles. The molecule has 0 aliphatic heterocycles. The van der Waals surface area contributed by atoms with Crippen molar-refractivity contribution in [1.29, 1.82) is 0 Å². The van der Waals surface area contributed by atoms with Gasteiger partial charge in [-0.3, -0.25) is 19.2 Å². The number of aliphatic hydroxyl groups is 2. The maximum Gasteiger partial charge on any atom is 0.255 e. The van der Waals surface area contributed by atoms with E-state index in [9.17, 15) is 34.5 Å². The molecule has 10 heteroatoms. The fourth-order valence-electron chi connectivity index (χ4n) is 6.32. The molecular formula is C29H37N3O7. The summed E-state index contributed by atoms with van der Waals surface area (Å²) in [5.41, 5.74) is 6.38. The first-order valence-corrected chi connectivity index (χ1v) is 13.1. The first-order valence-electron chi connectivity index (χ1n) is 13.1. The van der Waals surface area contributed by atoms with Gasteiger partial charge in [-0.2, -0.15) is 0 Å². The molecule has 3 atom stereocenters. The van der Waals surface area contributed by atoms with E-state index in [4.69, 9.17) is 5.73 Å². The van der Waals surface area contributed by atoms with Crippen LogP contribution in [-0.4, -0.2) is 64.2 Å². The highest BCUT2D eigenvalue weighted by Gasteiger charge is 2.50. The Morgan fingerprint density at radius 1 is 1.10 bits per heavy atom. The summed E-state index contributed by atoms with van der Waals surface area (Å²) in [6.45, 7) is 7.98. The number of phenolic OH excluding ortho intramolecular Hbond substituents is 1. The van der Waals surface area contributed by atoms with E-state index in [2.05, 4.69) is 0 Å². The Balaban J connectivity index is 1.84. The highest BCUT2D eigenvalue weighted by atomic mass is 16.3. The molecule has 2 amide bonds. The number of anilines is 1. The number of carbonyl (C=O) groups is 4. The number of hydrogen-bond donors (Lipinski definition) is 4. The number of amides is 2. The summed E-state index contributed by atoms with van der Waals surface area (Å²) in [6.07, 6.45) is 0.643. The van der Waals surface area contributed by atoms with Crippen molar-refractivity contribution in [3.8, 4) is 5.75 Å². The zero-order chi connectivity index (χ0) is 29.1. The Labute approximate surface area is 227 Å². The van der Waals surface area contributed by atoms with Gasteiger partial charge >= 0.3 is 0 Å². The van der Waals surface area contributed by atoms with E-state index < -0.39 is 52.3 Å². The van der Waals surface area contributed by atoms with Crippen molar-refractivity contribution in [2.45, 2.75) is 53.5 Å². The second-order valence-corrected chi connectivity index (χ2v) is 12.3. The highest BCUT2D eigenvalue weighted by molar-refractivity contribution is 6.22. The molecule has 4 rings (SSSR count). The molecule has 0 saturated carbocycles. The number of aromatic hydroxyl groups is 1. The molecule has 0 spiro atoms. The number of ketones is 2. The minimum Gasteiger partial charge on any atom is -0.511 e. The fraction of sp³-hybridized carbons (Fsp3) is 0.517. The van der Waals surface area contributed by atoms with Crippen LogP contribution in [0.15, 0.2) is 28.7 Å². The molecule has 10 nitrogen and oxygen atoms in total. The van der Waals surface area contributed by atoms with Gasteiger partial charge in [0.25, 0.3) is 5.91 Å². The lowest BCUT2D eigenvalue weighted by Crippen LogP contribution is -2.43. The lowest BCUT2D eigenvalue weighted by molar-refractivity contribution is -0.131. The zero-order valence-corrected chi connectivity index (χ0v) is 23.3. The second kappa shape index (κ2) is 9.73. The van der Waals surface area contributed by atoms with Gasteiger partial charge in [-0.15, -0.1) is 0 Å². The lowest BCUT2D eigenvalue weighted by atomic mass is 9.62. The quantitative estimate of drug-likeness (QED) is 0.415. The molecule has 0 aromatic heterocycles. The number of aliphatic hydroxyl groups excluding tert-OH is 2. The van der Waals surface area contributed by atoms with Crippen molar-refractivity contribution in [2.24, 2.45) is 28.9 Å². The van der Waals surface area contributed by atoms with E-state index in [1.165, 1.54) is 6.92 Å². The van der Waals surface area contributed by atoms with E-state index in [1.807, 2.05) is 39.8 Å². The fourth-order valence-corrected chi connectivity index (χ4v) is 6.32. The monoisotopic (exact) mass is 539 g/mol. The number of allylic oxidation sites excluding steroid dienone is 3. The number of fused-ring (bicyclic) bond motifs is 3. The van der Waals surface area contributed by atoms with Crippen LogP contribution in [0.5, 0.6) is 5.75 Å². The number of Topliss-reactive ketones (excluding diaryl/α,β-unsaturated/α-hetero) is 2. The average Bonchev–Trinajstić information content (AvgIpc) is 2.78. The summed E-state index contributed by atoms with van der Waals surface area (Å²) < 4.78 is 0. The standard InChI is InChI=1S/C29H37N3O7/c1-13(33)32(12-29(2,3)4)11-16-9-18(31(5)6)17-8-14-7-15-10-19(34)23(28(30)39)27(38)21(15)25(36)20(14)26(37)22(17)24(16)35/h9,14-15,21,34-36H,7-8,10-12H2,1-6H3,(H2,30,39). The average molecular weight is 540 g/mol. The summed E-state index contributed by atoms with van der Waals surface area (Å²) in [4.78, 5) is 54.8. The largest absolute Gasteiger partial charge is 0.511 e. The van der Waals surface area contributed by atoms with Gasteiger partial charge in [0.05, 0.1) is 11.5 Å². The predicted molar refractivity (Wildman–Crippen MR) is 144 cm³/mol. The maximum absolute atomic E-state index is 14.0. The molecule has 0 heterocycles. The molecule has 1 aromatic rings. The third-order valence-corrected chi connectivity index (χ3v) is 7.90. The number of phenols is 1. The zero-order valence-electron chi connectivity index (χ0n) is 23.3. The van der Waals surface area contributed by atoms with Crippen LogP contribution < -0.4 is 10.6 Å². The predicted octanol–water partition coefficient (Wildman–Crippen LogP) is 2.93. The van der Waals surface area contributed by atoms with Gasteiger partial charge in [-0.05, 0) is 41.7 Å². The molecule has 39 heavy (non-hydrogen) atoms. The van der Waals surface area contributed by atoms with Crippen molar-refractivity contribution in [1.82, 2.24) is 4.90 Å². The summed E-state index contributed by atoms with van der Waals surface area (Å²) in [6, 6.07) is 1.79. The normalized spacial score (nSPS) is 22.8. The number of rotatable bonds is 5. The molecule has 3 aliphatic rings. The highest BCUT2D eigenvalue weighted by Crippen LogP contribution is 2.51. The van der Waals surface area contributed by atoms with Crippen LogP contribution in [0.1, 0.15) is 62.0 Å². The van der Waals surface area contributed by atoms with Crippen molar-refractivity contribution in [2.75, 3.05) is 25.5 Å². The number of benzene rings is 1. The van der Waals surface area contributed by atoms with Gasteiger partial charge < -0.3 is 30.9 Å². The third kappa shape index (κ3) is 4.88. The van der Waals surface area contributed by atoms with Gasteiger partial charge in [0, 0.05) is 57.4 Å². The first kappa shape index (κ1) is 28.2. The van der Waals surface area contributed by atoms with Crippen LogP contribution in [0.25, 0.3) is 0 Å². The summed E-state index contributed by atoms with van der Waals surface area (Å²) in [5.74, 6) is -5.84. The van der Waals surface area contributed by atoms with E-state index in [-0.39, 0.29) is 41.2 Å². The molecule has 3 unspecified atom stereocenters. The Hall–Kier alpha value is -3.82. The molecule has 0 saturated heterocycles. The van der Waals surface area contributed by atoms with E-state index in [0.717, 1.165) is 0 Å². The van der Waals surface area contributed by atoms with Crippen molar-refractivity contribution in [3.05, 3.63) is 45.4 Å². The van der Waals surface area contributed by atoms with Gasteiger partial charge in [0.15, 0.2) is 11.6 Å². The van der Waals surface area contributed by atoms with Crippen LogP contribution in [-0.2, 0) is 27.3 Å². The van der Waals surface area contributed by atoms with Crippen molar-refractivity contribution < 1.29 is 34.5 Å². The summed E-state index contributed by atoms with van der Waals surface area (Å²) in [5, 5.41) is 33.0. The number of primary amides is 1. The molecule has 0 radical (unpaired) electrons. The van der Waals surface area contributed by atoms with Crippen LogP contribution in [0, 0.1) is 23.2 Å². The van der Waals surface area contributed by atoms with Crippen molar-refractivity contribution >= 4 is 29.1 Å². The smallest absolute Gasteiger partial charge is 0.255 e. The molecule has 5 N–H and O–H groups in total. The Morgan fingerprint density at radius 2 is 1.74 bits per heavy atom. The molecule has 210 valence electrons. The minimum absolute atomic E-state index is 0.0110. The maximum atomic E-state index is 14.0. The topological polar surface area (TPSA) is 161 Å². The van der Waals surface area contributed by atoms with E-state index in [0.29, 0.717) is 36.2 Å². The van der Waals surface area contributed by atoms with Gasteiger partial charge in [0.1, 0.15) is 22.8 Å². The second-order valence-electron chi connectivity index (χ2n) is 12.3. The molecule has 0 fully saturated rings. The van der Waals surface area contributed by atoms with E-state index in [1.54, 1.807) is 11.0 Å². The minimum atomic E-state index is -1.17.